The number of aliphatic hydroxyl groups is 1. The summed E-state index contributed by atoms with van der Waals surface area (Å²) in [5.74, 6) is 0.208. The average molecular weight is 555 g/mol. The zero-order chi connectivity index (χ0) is 27.9. The summed E-state index contributed by atoms with van der Waals surface area (Å²) in [6.07, 6.45) is 0.268. The van der Waals surface area contributed by atoms with Crippen LogP contribution in [0.2, 0.25) is 5.02 Å². The standard InChI is InChI=1S/C30H32ClFN2O5/c1-5-34(6-2)28(35)33-26-17-23(18-8-7-9-21(32)14-18)30(19-10-12-20(31)13-11-19)29(26,36)27-24(38-4)15-22(37-3)16-25(27)39-30/h7-16,23,26,36H,5-6,17H2,1-4H3,(H,33,35)/t23-,26-,29+,30-/m1/s1. The Morgan fingerprint density at radius 1 is 1.13 bits per heavy atom. The first-order valence-corrected chi connectivity index (χ1v) is 13.4. The summed E-state index contributed by atoms with van der Waals surface area (Å²) in [6, 6.07) is 15.5. The van der Waals surface area contributed by atoms with E-state index < -0.39 is 29.0 Å². The van der Waals surface area contributed by atoms with Crippen LogP contribution in [-0.4, -0.2) is 49.4 Å². The van der Waals surface area contributed by atoms with Crippen LogP contribution in [0.4, 0.5) is 9.18 Å². The van der Waals surface area contributed by atoms with Gasteiger partial charge in [0.25, 0.3) is 0 Å². The minimum atomic E-state index is -1.81. The Morgan fingerprint density at radius 3 is 2.46 bits per heavy atom. The van der Waals surface area contributed by atoms with Gasteiger partial charge in [0.2, 0.25) is 0 Å². The predicted octanol–water partition coefficient (Wildman–Crippen LogP) is 5.58. The van der Waals surface area contributed by atoms with Gasteiger partial charge in [0.05, 0.1) is 25.8 Å². The largest absolute Gasteiger partial charge is 0.496 e. The lowest BCUT2D eigenvalue weighted by Gasteiger charge is -2.42. The molecule has 0 radical (unpaired) electrons. The van der Waals surface area contributed by atoms with E-state index in [0.717, 1.165) is 0 Å². The first kappa shape index (κ1) is 27.1. The van der Waals surface area contributed by atoms with E-state index >= 15 is 0 Å². The van der Waals surface area contributed by atoms with Crippen LogP contribution in [0.5, 0.6) is 17.2 Å². The molecular weight excluding hydrogens is 523 g/mol. The summed E-state index contributed by atoms with van der Waals surface area (Å²) in [5, 5.41) is 16.7. The number of halogens is 2. The van der Waals surface area contributed by atoms with Crippen molar-refractivity contribution in [3.8, 4) is 17.2 Å². The Labute approximate surface area is 232 Å². The van der Waals surface area contributed by atoms with Gasteiger partial charge in [-0.1, -0.05) is 35.9 Å². The quantitative estimate of drug-likeness (QED) is 0.398. The molecule has 1 aliphatic carbocycles. The third kappa shape index (κ3) is 4.08. The number of carbonyl (C=O) groups is 1. The fourth-order valence-corrected chi connectivity index (χ4v) is 6.39. The number of benzene rings is 3. The van der Waals surface area contributed by atoms with Crippen molar-refractivity contribution in [1.82, 2.24) is 10.2 Å². The molecule has 1 fully saturated rings. The number of carbonyl (C=O) groups excluding carboxylic acids is 1. The second-order valence-corrected chi connectivity index (χ2v) is 10.3. The lowest BCUT2D eigenvalue weighted by Crippen LogP contribution is -2.58. The molecule has 0 aromatic heterocycles. The van der Waals surface area contributed by atoms with Gasteiger partial charge in [-0.05, 0) is 55.7 Å². The molecule has 1 aliphatic heterocycles. The number of nitrogens with one attached hydrogen (secondary N) is 1. The zero-order valence-electron chi connectivity index (χ0n) is 22.3. The maximum atomic E-state index is 14.6. The van der Waals surface area contributed by atoms with E-state index in [9.17, 15) is 14.3 Å². The van der Waals surface area contributed by atoms with Gasteiger partial charge in [-0.3, -0.25) is 0 Å². The summed E-state index contributed by atoms with van der Waals surface area (Å²) >= 11 is 6.26. The van der Waals surface area contributed by atoms with Crippen molar-refractivity contribution in [3.63, 3.8) is 0 Å². The maximum absolute atomic E-state index is 14.6. The fraction of sp³-hybridized carbons (Fsp3) is 0.367. The number of fused-ring (bicyclic) bond motifs is 3. The van der Waals surface area contributed by atoms with E-state index in [0.29, 0.717) is 52.1 Å². The summed E-state index contributed by atoms with van der Waals surface area (Å²) in [6.45, 7) is 4.78. The Balaban J connectivity index is 1.80. The number of rotatable bonds is 7. The Hall–Kier alpha value is -3.49. The second kappa shape index (κ2) is 10.2. The van der Waals surface area contributed by atoms with Crippen LogP contribution in [0, 0.1) is 5.82 Å². The molecule has 3 aromatic carbocycles. The molecule has 0 bridgehead atoms. The van der Waals surface area contributed by atoms with Crippen LogP contribution in [0.15, 0.2) is 60.7 Å². The van der Waals surface area contributed by atoms with Crippen LogP contribution in [0.25, 0.3) is 0 Å². The molecule has 0 spiro atoms. The van der Waals surface area contributed by atoms with Crippen molar-refractivity contribution < 1.29 is 28.5 Å². The number of methoxy groups -OCH3 is 2. The molecule has 2 aliphatic rings. The van der Waals surface area contributed by atoms with Gasteiger partial charge >= 0.3 is 6.03 Å². The molecule has 0 saturated heterocycles. The first-order chi connectivity index (χ1) is 18.7. The third-order valence-corrected chi connectivity index (χ3v) is 8.30. The Kier molecular flexibility index (Phi) is 7.11. The van der Waals surface area contributed by atoms with Crippen LogP contribution >= 0.6 is 11.6 Å². The van der Waals surface area contributed by atoms with E-state index in [1.807, 2.05) is 19.9 Å². The number of amides is 2. The highest BCUT2D eigenvalue weighted by molar-refractivity contribution is 6.30. The number of urea groups is 1. The Bertz CT molecular complexity index is 1380. The van der Waals surface area contributed by atoms with Crippen molar-refractivity contribution in [2.45, 2.75) is 43.4 Å². The van der Waals surface area contributed by atoms with Crippen LogP contribution in [0.3, 0.4) is 0 Å². The normalized spacial score (nSPS) is 24.9. The third-order valence-electron chi connectivity index (χ3n) is 8.05. The zero-order valence-corrected chi connectivity index (χ0v) is 23.1. The van der Waals surface area contributed by atoms with E-state index in [-0.39, 0.29) is 12.5 Å². The van der Waals surface area contributed by atoms with Gasteiger partial charge in [0, 0.05) is 36.2 Å². The lowest BCUT2D eigenvalue weighted by molar-refractivity contribution is -0.116. The minimum absolute atomic E-state index is 0.268. The van der Waals surface area contributed by atoms with Gasteiger partial charge in [-0.25, -0.2) is 9.18 Å². The number of hydrogen-bond donors (Lipinski definition) is 2. The van der Waals surface area contributed by atoms with E-state index in [2.05, 4.69) is 5.32 Å². The molecule has 1 saturated carbocycles. The molecule has 3 aromatic rings. The molecule has 2 N–H and O–H groups in total. The maximum Gasteiger partial charge on any atom is 0.317 e. The molecule has 206 valence electrons. The highest BCUT2D eigenvalue weighted by atomic mass is 35.5. The van der Waals surface area contributed by atoms with Crippen LogP contribution < -0.4 is 19.5 Å². The molecule has 0 unspecified atom stereocenters. The number of nitrogens with zero attached hydrogens (tertiary/aromatic N) is 1. The number of ether oxygens (including phenoxy) is 3. The molecule has 2 amide bonds. The minimum Gasteiger partial charge on any atom is -0.496 e. The summed E-state index contributed by atoms with van der Waals surface area (Å²) < 4.78 is 32.7. The van der Waals surface area contributed by atoms with Crippen LogP contribution in [0.1, 0.15) is 42.9 Å². The summed E-state index contributed by atoms with van der Waals surface area (Å²) in [5.41, 5.74) is -1.63. The first-order valence-electron chi connectivity index (χ1n) is 13.0. The van der Waals surface area contributed by atoms with E-state index in [4.69, 9.17) is 25.8 Å². The molecule has 4 atom stereocenters. The van der Waals surface area contributed by atoms with Crippen molar-refractivity contribution in [3.05, 3.63) is 88.2 Å². The SMILES string of the molecule is CCN(CC)C(=O)N[C@@H]1C[C@H](c2cccc(F)c2)[C@@]2(c3ccc(Cl)cc3)Oc3cc(OC)cc(OC)c3[C@@]12O. The molecule has 5 rings (SSSR count). The topological polar surface area (TPSA) is 80.3 Å². The van der Waals surface area contributed by atoms with Crippen molar-refractivity contribution in [2.24, 2.45) is 0 Å². The molecule has 7 nitrogen and oxygen atoms in total. The van der Waals surface area contributed by atoms with Gasteiger partial charge in [0.1, 0.15) is 23.1 Å². The lowest BCUT2D eigenvalue weighted by atomic mass is 9.71. The molecule has 39 heavy (non-hydrogen) atoms. The smallest absolute Gasteiger partial charge is 0.317 e. The van der Waals surface area contributed by atoms with E-state index in [1.54, 1.807) is 47.4 Å². The Morgan fingerprint density at radius 2 is 1.85 bits per heavy atom. The highest BCUT2D eigenvalue weighted by Crippen LogP contribution is 2.68. The number of hydrogen-bond acceptors (Lipinski definition) is 5. The van der Waals surface area contributed by atoms with Gasteiger partial charge in [0.15, 0.2) is 11.2 Å². The van der Waals surface area contributed by atoms with Crippen LogP contribution in [-0.2, 0) is 11.2 Å². The van der Waals surface area contributed by atoms with Crippen molar-refractivity contribution >= 4 is 17.6 Å². The summed E-state index contributed by atoms with van der Waals surface area (Å²) in [4.78, 5) is 15.0. The fourth-order valence-electron chi connectivity index (χ4n) is 6.27. The van der Waals surface area contributed by atoms with Gasteiger partial charge < -0.3 is 29.5 Å². The monoisotopic (exact) mass is 554 g/mol. The average Bonchev–Trinajstić information content (AvgIpc) is 3.34. The second-order valence-electron chi connectivity index (χ2n) is 9.83. The summed E-state index contributed by atoms with van der Waals surface area (Å²) in [7, 11) is 3.03. The van der Waals surface area contributed by atoms with E-state index in [1.165, 1.54) is 26.4 Å². The van der Waals surface area contributed by atoms with Gasteiger partial charge in [-0.15, -0.1) is 0 Å². The van der Waals surface area contributed by atoms with Crippen molar-refractivity contribution in [1.29, 1.82) is 0 Å². The molecule has 9 heteroatoms. The molecule has 1 heterocycles. The van der Waals surface area contributed by atoms with Gasteiger partial charge in [-0.2, -0.15) is 0 Å². The molecular formula is C30H32ClFN2O5. The van der Waals surface area contributed by atoms with Crippen molar-refractivity contribution in [2.75, 3.05) is 27.3 Å². The predicted molar refractivity (Wildman–Crippen MR) is 146 cm³/mol. The highest BCUT2D eigenvalue weighted by Gasteiger charge is 2.74.